The molecule has 0 aliphatic carbocycles. The van der Waals surface area contributed by atoms with Crippen LogP contribution in [0.2, 0.25) is 5.28 Å². The number of benzene rings is 1. The highest BCUT2D eigenvalue weighted by atomic mass is 35.5. The van der Waals surface area contributed by atoms with Crippen LogP contribution in [-0.4, -0.2) is 17.0 Å². The average Bonchev–Trinajstić information content (AvgIpc) is 2.93. The molecule has 0 bridgehead atoms. The van der Waals surface area contributed by atoms with Crippen LogP contribution >= 0.6 is 22.9 Å². The molecule has 8 heteroatoms. The van der Waals surface area contributed by atoms with Crippen LogP contribution in [0.3, 0.4) is 0 Å². The normalized spacial score (nSPS) is 11.9. The first-order chi connectivity index (χ1) is 10.4. The average molecular weight is 344 g/mol. The number of rotatable bonds is 2. The van der Waals surface area contributed by atoms with E-state index in [2.05, 4.69) is 9.97 Å². The van der Waals surface area contributed by atoms with Crippen molar-refractivity contribution >= 4 is 44.7 Å². The Balaban J connectivity index is 2.02. The summed E-state index contributed by atoms with van der Waals surface area (Å²) in [5, 5.41) is 1.96. The molecule has 0 aliphatic rings. The molecule has 3 nitrogen and oxygen atoms in total. The lowest BCUT2D eigenvalue weighted by Gasteiger charge is -2.19. The van der Waals surface area contributed by atoms with Crippen molar-refractivity contribution in [3.63, 3.8) is 0 Å². The van der Waals surface area contributed by atoms with Crippen molar-refractivity contribution in [1.82, 2.24) is 9.97 Å². The topological polar surface area (TPSA) is 29.0 Å². The zero-order valence-corrected chi connectivity index (χ0v) is 12.8. The molecule has 22 heavy (non-hydrogen) atoms. The molecular weight excluding hydrogens is 335 g/mol. The summed E-state index contributed by atoms with van der Waals surface area (Å²) in [6.07, 6.45) is -4.35. The first-order valence-corrected chi connectivity index (χ1v) is 7.44. The van der Waals surface area contributed by atoms with Crippen LogP contribution in [0.5, 0.6) is 0 Å². The van der Waals surface area contributed by atoms with Crippen LogP contribution in [0, 0.1) is 0 Å². The van der Waals surface area contributed by atoms with E-state index < -0.39 is 11.7 Å². The highest BCUT2D eigenvalue weighted by molar-refractivity contribution is 7.17. The summed E-state index contributed by atoms with van der Waals surface area (Å²) in [4.78, 5) is 9.98. The number of anilines is 2. The van der Waals surface area contributed by atoms with E-state index in [0.717, 1.165) is 16.8 Å². The molecular formula is C14H9ClF3N3S. The molecule has 2 aromatic heterocycles. The highest BCUT2D eigenvalue weighted by Gasteiger charge is 2.30. The van der Waals surface area contributed by atoms with Gasteiger partial charge in [0.1, 0.15) is 0 Å². The molecule has 0 saturated heterocycles. The molecule has 0 radical (unpaired) electrons. The first kappa shape index (κ1) is 15.1. The maximum atomic E-state index is 12.6. The summed E-state index contributed by atoms with van der Waals surface area (Å²) >= 11 is 7.35. The first-order valence-electron chi connectivity index (χ1n) is 6.18. The van der Waals surface area contributed by atoms with E-state index in [1.165, 1.54) is 23.5 Å². The smallest absolute Gasteiger partial charge is 0.328 e. The Labute approximate surface area is 133 Å². The van der Waals surface area contributed by atoms with Crippen molar-refractivity contribution in [2.24, 2.45) is 0 Å². The molecule has 3 aromatic rings. The minimum atomic E-state index is -4.35. The third-order valence-electron chi connectivity index (χ3n) is 3.16. The summed E-state index contributed by atoms with van der Waals surface area (Å²) in [5.74, 6) is 0.560. The number of hydrogen-bond acceptors (Lipinski definition) is 4. The predicted molar refractivity (Wildman–Crippen MR) is 81.9 cm³/mol. The van der Waals surface area contributed by atoms with Crippen LogP contribution in [0.25, 0.3) is 10.2 Å². The number of alkyl halides is 3. The van der Waals surface area contributed by atoms with Crippen LogP contribution in [-0.2, 0) is 6.18 Å². The Morgan fingerprint density at radius 1 is 1.09 bits per heavy atom. The zero-order valence-electron chi connectivity index (χ0n) is 11.2. The van der Waals surface area contributed by atoms with Crippen LogP contribution in [0.4, 0.5) is 24.7 Å². The number of halogens is 4. The Morgan fingerprint density at radius 2 is 1.77 bits per heavy atom. The van der Waals surface area contributed by atoms with Crippen LogP contribution in [0.1, 0.15) is 5.56 Å². The molecule has 2 heterocycles. The quantitative estimate of drug-likeness (QED) is 0.604. The number of aromatic nitrogens is 2. The van der Waals surface area contributed by atoms with Gasteiger partial charge in [-0.05, 0) is 47.3 Å². The molecule has 114 valence electrons. The van der Waals surface area contributed by atoms with Gasteiger partial charge in [-0.1, -0.05) is 0 Å². The van der Waals surface area contributed by atoms with Gasteiger partial charge in [0.05, 0.1) is 15.8 Å². The summed E-state index contributed by atoms with van der Waals surface area (Å²) in [5.41, 5.74) is 0.600. The summed E-state index contributed by atoms with van der Waals surface area (Å²) in [6, 6.07) is 6.70. The van der Waals surface area contributed by atoms with Gasteiger partial charge in [-0.15, -0.1) is 11.3 Å². The Bertz CT molecular complexity index is 814. The monoisotopic (exact) mass is 343 g/mol. The van der Waals surface area contributed by atoms with E-state index in [0.29, 0.717) is 17.0 Å². The van der Waals surface area contributed by atoms with Gasteiger partial charge < -0.3 is 4.90 Å². The lowest BCUT2D eigenvalue weighted by atomic mass is 10.2. The number of fused-ring (bicyclic) bond motifs is 1. The predicted octanol–water partition coefficient (Wildman–Crippen LogP) is 5.13. The fourth-order valence-electron chi connectivity index (χ4n) is 2.04. The minimum Gasteiger partial charge on any atom is -0.328 e. The lowest BCUT2D eigenvalue weighted by Crippen LogP contribution is -2.12. The molecule has 3 rings (SSSR count). The lowest BCUT2D eigenvalue weighted by molar-refractivity contribution is -0.137. The minimum absolute atomic E-state index is 0.0969. The van der Waals surface area contributed by atoms with Crippen molar-refractivity contribution < 1.29 is 13.2 Å². The largest absolute Gasteiger partial charge is 0.416 e. The molecule has 0 spiro atoms. The van der Waals surface area contributed by atoms with E-state index in [1.54, 1.807) is 11.9 Å². The molecule has 0 saturated carbocycles. The third kappa shape index (κ3) is 2.74. The molecule has 0 N–H and O–H groups in total. The van der Waals surface area contributed by atoms with Gasteiger partial charge in [0.15, 0.2) is 5.82 Å². The summed E-state index contributed by atoms with van der Waals surface area (Å²) in [6.45, 7) is 0. The van der Waals surface area contributed by atoms with Gasteiger partial charge in [-0.25, -0.2) is 4.98 Å². The van der Waals surface area contributed by atoms with Gasteiger partial charge in [-0.2, -0.15) is 18.2 Å². The SMILES string of the molecule is CN(c1ccc(C(F)(F)F)cc1)c1nc(Cl)nc2ccsc12. The van der Waals surface area contributed by atoms with Crippen molar-refractivity contribution in [2.75, 3.05) is 11.9 Å². The molecule has 0 fully saturated rings. The van der Waals surface area contributed by atoms with E-state index in [1.807, 2.05) is 11.4 Å². The second-order valence-corrected chi connectivity index (χ2v) is 5.81. The second kappa shape index (κ2) is 5.40. The van der Waals surface area contributed by atoms with E-state index >= 15 is 0 Å². The maximum absolute atomic E-state index is 12.6. The van der Waals surface area contributed by atoms with Crippen molar-refractivity contribution in [3.05, 3.63) is 46.6 Å². The molecule has 0 unspecified atom stereocenters. The maximum Gasteiger partial charge on any atom is 0.416 e. The van der Waals surface area contributed by atoms with Crippen molar-refractivity contribution in [2.45, 2.75) is 6.18 Å². The second-order valence-electron chi connectivity index (χ2n) is 4.55. The zero-order chi connectivity index (χ0) is 15.9. The van der Waals surface area contributed by atoms with Crippen LogP contribution in [0.15, 0.2) is 35.7 Å². The molecule has 0 atom stereocenters. The number of nitrogens with zero attached hydrogens (tertiary/aromatic N) is 3. The molecule has 0 aliphatic heterocycles. The van der Waals surface area contributed by atoms with Crippen molar-refractivity contribution in [1.29, 1.82) is 0 Å². The fraction of sp³-hybridized carbons (Fsp3) is 0.143. The van der Waals surface area contributed by atoms with Crippen LogP contribution < -0.4 is 4.90 Å². The standard InChI is InChI=1S/C14H9ClF3N3S/c1-21(9-4-2-8(3-5-9)14(16,17)18)12-11-10(6-7-22-11)19-13(15)20-12/h2-7H,1H3. The third-order valence-corrected chi connectivity index (χ3v) is 4.23. The van der Waals surface area contributed by atoms with Gasteiger partial charge in [0.25, 0.3) is 0 Å². The Hall–Kier alpha value is -1.86. The van der Waals surface area contributed by atoms with Gasteiger partial charge in [0, 0.05) is 12.7 Å². The van der Waals surface area contributed by atoms with E-state index in [9.17, 15) is 13.2 Å². The van der Waals surface area contributed by atoms with Gasteiger partial charge in [-0.3, -0.25) is 0 Å². The highest BCUT2D eigenvalue weighted by Crippen LogP contribution is 2.35. The Kier molecular flexibility index (Phi) is 3.70. The van der Waals surface area contributed by atoms with Crippen molar-refractivity contribution in [3.8, 4) is 0 Å². The molecule has 1 aromatic carbocycles. The summed E-state index contributed by atoms with van der Waals surface area (Å²) < 4.78 is 38.7. The number of hydrogen-bond donors (Lipinski definition) is 0. The Morgan fingerprint density at radius 3 is 2.41 bits per heavy atom. The fourth-order valence-corrected chi connectivity index (χ4v) is 3.07. The molecule has 0 amide bonds. The number of thiophene rings is 1. The van der Waals surface area contributed by atoms with Gasteiger partial charge >= 0.3 is 6.18 Å². The van der Waals surface area contributed by atoms with Gasteiger partial charge in [0.2, 0.25) is 5.28 Å². The summed E-state index contributed by atoms with van der Waals surface area (Å²) in [7, 11) is 1.72. The van der Waals surface area contributed by atoms with E-state index in [-0.39, 0.29) is 5.28 Å². The van der Waals surface area contributed by atoms with E-state index in [4.69, 9.17) is 11.6 Å².